The smallest absolute Gasteiger partial charge is 0.244 e. The first kappa shape index (κ1) is 15.1. The van der Waals surface area contributed by atoms with Crippen LogP contribution in [0.2, 0.25) is 0 Å². The van der Waals surface area contributed by atoms with E-state index in [1.54, 1.807) is 11.8 Å². The predicted molar refractivity (Wildman–Crippen MR) is 79.0 cm³/mol. The van der Waals surface area contributed by atoms with Gasteiger partial charge in [-0.1, -0.05) is 32.9 Å². The molecule has 0 aliphatic carbocycles. The van der Waals surface area contributed by atoms with E-state index in [9.17, 15) is 4.79 Å². The molecule has 0 aromatic heterocycles. The zero-order valence-corrected chi connectivity index (χ0v) is 12.1. The maximum absolute atomic E-state index is 12.2. The van der Waals surface area contributed by atoms with Crippen LogP contribution in [-0.2, 0) is 4.79 Å². The molecule has 4 heteroatoms. The van der Waals surface area contributed by atoms with Crippen molar-refractivity contribution in [2.45, 2.75) is 44.0 Å². The number of carbonyl (C=O) groups excluding carboxylic acids is 1. The van der Waals surface area contributed by atoms with E-state index in [-0.39, 0.29) is 5.91 Å². The zero-order chi connectivity index (χ0) is 13.6. The SMILES string of the molecule is CCSc1ccccc1NC(=O)C(N)(CC)CC. The maximum atomic E-state index is 12.2. The first-order valence-corrected chi connectivity index (χ1v) is 7.38. The van der Waals surface area contributed by atoms with Crippen LogP contribution in [0, 0.1) is 0 Å². The van der Waals surface area contributed by atoms with E-state index in [0.29, 0.717) is 12.8 Å². The fourth-order valence-electron chi connectivity index (χ4n) is 1.67. The van der Waals surface area contributed by atoms with Crippen LogP contribution < -0.4 is 11.1 Å². The maximum Gasteiger partial charge on any atom is 0.244 e. The van der Waals surface area contributed by atoms with Gasteiger partial charge in [0.05, 0.1) is 11.2 Å². The molecule has 0 bridgehead atoms. The van der Waals surface area contributed by atoms with Crippen LogP contribution in [-0.4, -0.2) is 17.2 Å². The molecule has 0 aliphatic rings. The number of anilines is 1. The summed E-state index contributed by atoms with van der Waals surface area (Å²) in [5, 5.41) is 2.95. The van der Waals surface area contributed by atoms with E-state index in [1.807, 2.05) is 38.1 Å². The van der Waals surface area contributed by atoms with E-state index in [1.165, 1.54) is 0 Å². The summed E-state index contributed by atoms with van der Waals surface area (Å²) in [6.45, 7) is 5.97. The van der Waals surface area contributed by atoms with Gasteiger partial charge in [-0.2, -0.15) is 0 Å². The Morgan fingerprint density at radius 3 is 2.44 bits per heavy atom. The van der Waals surface area contributed by atoms with Crippen LogP contribution in [0.1, 0.15) is 33.6 Å². The van der Waals surface area contributed by atoms with Crippen molar-refractivity contribution in [1.29, 1.82) is 0 Å². The molecule has 1 amide bonds. The molecule has 1 aromatic rings. The molecule has 3 nitrogen and oxygen atoms in total. The van der Waals surface area contributed by atoms with Gasteiger partial charge in [0.25, 0.3) is 0 Å². The van der Waals surface area contributed by atoms with Crippen molar-refractivity contribution < 1.29 is 4.79 Å². The second-order valence-corrected chi connectivity index (χ2v) is 5.55. The Bertz CT molecular complexity index is 403. The molecule has 0 spiro atoms. The van der Waals surface area contributed by atoms with Crippen LogP contribution in [0.25, 0.3) is 0 Å². The standard InChI is InChI=1S/C14H22N2OS/c1-4-14(15,5-2)13(17)16-11-9-7-8-10-12(11)18-6-3/h7-10H,4-6,15H2,1-3H3,(H,16,17). The Morgan fingerprint density at radius 2 is 1.89 bits per heavy atom. The van der Waals surface area contributed by atoms with Crippen LogP contribution in [0.3, 0.4) is 0 Å². The fraction of sp³-hybridized carbons (Fsp3) is 0.500. The summed E-state index contributed by atoms with van der Waals surface area (Å²) in [5.74, 6) is 0.874. The van der Waals surface area contributed by atoms with Crippen LogP contribution in [0.4, 0.5) is 5.69 Å². The summed E-state index contributed by atoms with van der Waals surface area (Å²) in [6.07, 6.45) is 1.27. The van der Waals surface area contributed by atoms with Gasteiger partial charge in [-0.15, -0.1) is 11.8 Å². The minimum absolute atomic E-state index is 0.100. The molecule has 0 saturated carbocycles. The van der Waals surface area contributed by atoms with Gasteiger partial charge in [-0.25, -0.2) is 0 Å². The predicted octanol–water partition coefficient (Wildman–Crippen LogP) is 3.25. The largest absolute Gasteiger partial charge is 0.323 e. The molecule has 0 fully saturated rings. The highest BCUT2D eigenvalue weighted by Crippen LogP contribution is 2.27. The highest BCUT2D eigenvalue weighted by atomic mass is 32.2. The zero-order valence-electron chi connectivity index (χ0n) is 11.3. The summed E-state index contributed by atoms with van der Waals surface area (Å²) in [5.41, 5.74) is 6.17. The van der Waals surface area contributed by atoms with E-state index in [4.69, 9.17) is 5.73 Å². The molecule has 0 atom stereocenters. The molecular weight excluding hydrogens is 244 g/mol. The molecule has 0 unspecified atom stereocenters. The molecule has 1 rings (SSSR count). The van der Waals surface area contributed by atoms with Crippen molar-refractivity contribution in [2.75, 3.05) is 11.1 Å². The summed E-state index contributed by atoms with van der Waals surface area (Å²) in [7, 11) is 0. The molecule has 0 aliphatic heterocycles. The Hall–Kier alpha value is -1.00. The van der Waals surface area contributed by atoms with Gasteiger partial charge in [0.1, 0.15) is 0 Å². The lowest BCUT2D eigenvalue weighted by Crippen LogP contribution is -2.50. The van der Waals surface area contributed by atoms with Crippen molar-refractivity contribution in [1.82, 2.24) is 0 Å². The van der Waals surface area contributed by atoms with Gasteiger partial charge in [0.2, 0.25) is 5.91 Å². The average molecular weight is 266 g/mol. The van der Waals surface area contributed by atoms with Gasteiger partial charge in [-0.3, -0.25) is 4.79 Å². The molecule has 18 heavy (non-hydrogen) atoms. The van der Waals surface area contributed by atoms with Crippen LogP contribution in [0.15, 0.2) is 29.2 Å². The number of para-hydroxylation sites is 1. The monoisotopic (exact) mass is 266 g/mol. The third-order valence-corrected chi connectivity index (χ3v) is 4.10. The molecule has 1 aromatic carbocycles. The lowest BCUT2D eigenvalue weighted by Gasteiger charge is -2.25. The van der Waals surface area contributed by atoms with E-state index < -0.39 is 5.54 Å². The summed E-state index contributed by atoms with van der Waals surface area (Å²) >= 11 is 1.71. The second-order valence-electron chi connectivity index (χ2n) is 4.25. The first-order chi connectivity index (χ1) is 8.57. The third-order valence-electron chi connectivity index (χ3n) is 3.15. The van der Waals surface area contributed by atoms with Gasteiger partial charge in [0, 0.05) is 4.90 Å². The number of carbonyl (C=O) groups is 1. The molecule has 0 heterocycles. The fourth-order valence-corrected chi connectivity index (χ4v) is 2.43. The van der Waals surface area contributed by atoms with Crippen molar-refractivity contribution in [3.8, 4) is 0 Å². The lowest BCUT2D eigenvalue weighted by atomic mass is 9.93. The van der Waals surface area contributed by atoms with Gasteiger partial charge < -0.3 is 11.1 Å². The summed E-state index contributed by atoms with van der Waals surface area (Å²) in [4.78, 5) is 13.3. The van der Waals surface area contributed by atoms with Crippen molar-refractivity contribution in [3.63, 3.8) is 0 Å². The molecular formula is C14H22N2OS. The summed E-state index contributed by atoms with van der Waals surface area (Å²) < 4.78 is 0. The highest BCUT2D eigenvalue weighted by molar-refractivity contribution is 7.99. The highest BCUT2D eigenvalue weighted by Gasteiger charge is 2.30. The number of thioether (sulfide) groups is 1. The molecule has 3 N–H and O–H groups in total. The van der Waals surface area contributed by atoms with Crippen LogP contribution >= 0.6 is 11.8 Å². The lowest BCUT2D eigenvalue weighted by molar-refractivity contribution is -0.121. The number of rotatable bonds is 6. The number of nitrogens with one attached hydrogen (secondary N) is 1. The first-order valence-electron chi connectivity index (χ1n) is 6.39. The number of hydrogen-bond donors (Lipinski definition) is 2. The van der Waals surface area contributed by atoms with E-state index in [0.717, 1.165) is 16.3 Å². The Labute approximate surface area is 114 Å². The molecule has 0 radical (unpaired) electrons. The van der Waals surface area contributed by atoms with Crippen molar-refractivity contribution in [2.24, 2.45) is 5.73 Å². The van der Waals surface area contributed by atoms with Gasteiger partial charge in [0.15, 0.2) is 0 Å². The molecule has 0 saturated heterocycles. The number of benzene rings is 1. The second kappa shape index (κ2) is 6.81. The number of nitrogens with two attached hydrogens (primary N) is 1. The summed E-state index contributed by atoms with van der Waals surface area (Å²) in [6, 6.07) is 7.83. The minimum Gasteiger partial charge on any atom is -0.323 e. The number of amides is 1. The number of hydrogen-bond acceptors (Lipinski definition) is 3. The van der Waals surface area contributed by atoms with Gasteiger partial charge in [-0.05, 0) is 30.7 Å². The Morgan fingerprint density at radius 1 is 1.28 bits per heavy atom. The average Bonchev–Trinajstić information content (AvgIpc) is 2.40. The third kappa shape index (κ3) is 3.50. The van der Waals surface area contributed by atoms with Crippen LogP contribution in [0.5, 0.6) is 0 Å². The minimum atomic E-state index is -0.774. The van der Waals surface area contributed by atoms with E-state index in [2.05, 4.69) is 12.2 Å². The normalized spacial score (nSPS) is 11.3. The quantitative estimate of drug-likeness (QED) is 0.777. The Kier molecular flexibility index (Phi) is 5.69. The molecule has 100 valence electrons. The Balaban J connectivity index is 2.87. The van der Waals surface area contributed by atoms with Gasteiger partial charge >= 0.3 is 0 Å². The van der Waals surface area contributed by atoms with Crippen molar-refractivity contribution >= 4 is 23.4 Å². The topological polar surface area (TPSA) is 55.1 Å². The van der Waals surface area contributed by atoms with E-state index >= 15 is 0 Å². The van der Waals surface area contributed by atoms with Crippen molar-refractivity contribution in [3.05, 3.63) is 24.3 Å².